The summed E-state index contributed by atoms with van der Waals surface area (Å²) in [5, 5.41) is 7.45. The summed E-state index contributed by atoms with van der Waals surface area (Å²) < 4.78 is 12.8. The van der Waals surface area contributed by atoms with Gasteiger partial charge in [-0.15, -0.1) is 0 Å². The molecule has 2 heterocycles. The van der Waals surface area contributed by atoms with Crippen molar-refractivity contribution in [1.82, 2.24) is 14.8 Å². The van der Waals surface area contributed by atoms with Crippen LogP contribution in [0.25, 0.3) is 0 Å². The Morgan fingerprint density at radius 2 is 1.89 bits per heavy atom. The molecule has 4 rings (SSSR count). The number of nitrogens with one attached hydrogen (secondary N) is 1. The number of benzene rings is 2. The minimum atomic E-state index is -0.502. The van der Waals surface area contributed by atoms with E-state index in [-0.39, 0.29) is 6.61 Å². The number of allylic oxidation sites excluding steroid dienone is 1. The number of fused-ring (bicyclic) bond motifs is 1. The van der Waals surface area contributed by atoms with Crippen molar-refractivity contribution in [2.24, 2.45) is 0 Å². The molecule has 0 radical (unpaired) electrons. The first-order chi connectivity index (χ1) is 13.7. The Morgan fingerprint density at radius 3 is 2.68 bits per heavy atom. The van der Waals surface area contributed by atoms with Gasteiger partial charge < -0.3 is 14.8 Å². The van der Waals surface area contributed by atoms with Gasteiger partial charge in [0.25, 0.3) is 0 Å². The first-order valence-corrected chi connectivity index (χ1v) is 8.90. The molecule has 0 amide bonds. The summed E-state index contributed by atoms with van der Waals surface area (Å²) in [5.74, 6) is 0.816. The van der Waals surface area contributed by atoms with Crippen molar-refractivity contribution in [1.29, 1.82) is 0 Å². The van der Waals surface area contributed by atoms with E-state index >= 15 is 0 Å². The van der Waals surface area contributed by atoms with Gasteiger partial charge in [-0.25, -0.2) is 9.48 Å². The minimum absolute atomic E-state index is 0.194. The fraction of sp³-hybridized carbons (Fsp3) is 0.190. The van der Waals surface area contributed by atoms with E-state index in [4.69, 9.17) is 9.47 Å². The van der Waals surface area contributed by atoms with Crippen molar-refractivity contribution < 1.29 is 14.3 Å². The largest absolute Gasteiger partial charge is 0.496 e. The second-order valence-electron chi connectivity index (χ2n) is 6.40. The zero-order chi connectivity index (χ0) is 19.5. The molecule has 1 unspecified atom stereocenters. The third-order valence-electron chi connectivity index (χ3n) is 4.66. The van der Waals surface area contributed by atoms with E-state index in [1.807, 2.05) is 61.5 Å². The standard InChI is InChI=1S/C21H20N4O3/c1-14-18(20(26)28-12-15-8-4-3-5-9-15)19(25-21(24-14)22-13-23-25)16-10-6-7-11-17(16)27-2/h3-11,13,19H,12H2,1-2H3,(H,22,23,24). The lowest BCUT2D eigenvalue weighted by Crippen LogP contribution is -2.30. The molecule has 3 aromatic rings. The normalized spacial score (nSPS) is 15.6. The fourth-order valence-electron chi connectivity index (χ4n) is 3.34. The van der Waals surface area contributed by atoms with Crippen LogP contribution < -0.4 is 10.1 Å². The quantitative estimate of drug-likeness (QED) is 0.688. The van der Waals surface area contributed by atoms with E-state index in [1.54, 1.807) is 11.8 Å². The molecule has 0 aliphatic carbocycles. The summed E-state index contributed by atoms with van der Waals surface area (Å²) in [4.78, 5) is 17.3. The third kappa shape index (κ3) is 3.22. The Morgan fingerprint density at radius 1 is 1.14 bits per heavy atom. The van der Waals surface area contributed by atoms with Crippen molar-refractivity contribution in [3.8, 4) is 5.75 Å². The monoisotopic (exact) mass is 376 g/mol. The van der Waals surface area contributed by atoms with Crippen molar-refractivity contribution >= 4 is 11.9 Å². The van der Waals surface area contributed by atoms with Crippen molar-refractivity contribution in [2.75, 3.05) is 12.4 Å². The van der Waals surface area contributed by atoms with Crippen LogP contribution in [0.1, 0.15) is 24.1 Å². The highest BCUT2D eigenvalue weighted by Crippen LogP contribution is 2.39. The molecule has 0 saturated heterocycles. The lowest BCUT2D eigenvalue weighted by Gasteiger charge is -2.29. The summed E-state index contributed by atoms with van der Waals surface area (Å²) in [7, 11) is 1.60. The summed E-state index contributed by atoms with van der Waals surface area (Å²) in [6.07, 6.45) is 1.45. The van der Waals surface area contributed by atoms with Crippen LogP contribution in [0, 0.1) is 0 Å². The molecule has 1 aliphatic rings. The molecule has 28 heavy (non-hydrogen) atoms. The number of anilines is 1. The van der Waals surface area contributed by atoms with Gasteiger partial charge in [0, 0.05) is 11.3 Å². The molecule has 1 aromatic heterocycles. The van der Waals surface area contributed by atoms with Crippen LogP contribution in [-0.4, -0.2) is 27.8 Å². The topological polar surface area (TPSA) is 78.3 Å². The fourth-order valence-corrected chi connectivity index (χ4v) is 3.34. The Labute approximate surface area is 162 Å². The number of esters is 1. The third-order valence-corrected chi connectivity index (χ3v) is 4.66. The molecule has 0 spiro atoms. The summed E-state index contributed by atoms with van der Waals surface area (Å²) in [6.45, 7) is 2.03. The smallest absolute Gasteiger partial charge is 0.338 e. The molecular weight excluding hydrogens is 356 g/mol. The Hall–Kier alpha value is -3.61. The van der Waals surface area contributed by atoms with Gasteiger partial charge in [-0.05, 0) is 18.6 Å². The number of rotatable bonds is 5. The van der Waals surface area contributed by atoms with Gasteiger partial charge in [0.15, 0.2) is 0 Å². The molecule has 2 aromatic carbocycles. The van der Waals surface area contributed by atoms with E-state index in [0.29, 0.717) is 23.0 Å². The number of ether oxygens (including phenoxy) is 2. The van der Waals surface area contributed by atoms with Crippen LogP contribution in [0.5, 0.6) is 5.75 Å². The van der Waals surface area contributed by atoms with E-state index in [9.17, 15) is 4.79 Å². The first kappa shape index (κ1) is 17.8. The number of para-hydroxylation sites is 1. The Kier molecular flexibility index (Phi) is 4.80. The minimum Gasteiger partial charge on any atom is -0.496 e. The summed E-state index contributed by atoms with van der Waals surface area (Å²) in [5.41, 5.74) is 2.88. The number of carbonyl (C=O) groups excluding carboxylic acids is 1. The van der Waals surface area contributed by atoms with Gasteiger partial charge in [0.1, 0.15) is 24.7 Å². The molecule has 0 fully saturated rings. The van der Waals surface area contributed by atoms with E-state index in [1.165, 1.54) is 6.33 Å². The average molecular weight is 376 g/mol. The maximum atomic E-state index is 13.1. The predicted octanol–water partition coefficient (Wildman–Crippen LogP) is 3.32. The number of nitrogens with zero attached hydrogens (tertiary/aromatic N) is 3. The number of methoxy groups -OCH3 is 1. The molecule has 7 nitrogen and oxygen atoms in total. The highest BCUT2D eigenvalue weighted by Gasteiger charge is 2.35. The zero-order valence-corrected chi connectivity index (χ0v) is 15.6. The molecule has 1 aliphatic heterocycles. The van der Waals surface area contributed by atoms with E-state index in [2.05, 4.69) is 15.4 Å². The summed E-state index contributed by atoms with van der Waals surface area (Å²) in [6, 6.07) is 16.6. The highest BCUT2D eigenvalue weighted by atomic mass is 16.5. The van der Waals surface area contributed by atoms with Crippen molar-refractivity contribution in [3.63, 3.8) is 0 Å². The van der Waals surface area contributed by atoms with Gasteiger partial charge in [0.05, 0.1) is 12.7 Å². The zero-order valence-electron chi connectivity index (χ0n) is 15.6. The molecule has 0 bridgehead atoms. The maximum Gasteiger partial charge on any atom is 0.338 e. The van der Waals surface area contributed by atoms with Gasteiger partial charge in [-0.1, -0.05) is 48.5 Å². The van der Waals surface area contributed by atoms with Crippen molar-refractivity contribution in [2.45, 2.75) is 19.6 Å². The van der Waals surface area contributed by atoms with Gasteiger partial charge in [-0.3, -0.25) is 0 Å². The number of hydrogen-bond acceptors (Lipinski definition) is 6. The number of aromatic nitrogens is 3. The van der Waals surface area contributed by atoms with Gasteiger partial charge in [0.2, 0.25) is 5.95 Å². The average Bonchev–Trinajstić information content (AvgIpc) is 3.19. The number of hydrogen-bond donors (Lipinski definition) is 1. The Bertz CT molecular complexity index is 1030. The molecule has 1 atom stereocenters. The van der Waals surface area contributed by atoms with Crippen molar-refractivity contribution in [3.05, 3.63) is 83.3 Å². The summed E-state index contributed by atoms with van der Waals surface area (Å²) >= 11 is 0. The molecular formula is C21H20N4O3. The van der Waals surface area contributed by atoms with Crippen LogP contribution >= 0.6 is 0 Å². The number of carbonyl (C=O) groups is 1. The van der Waals surface area contributed by atoms with Gasteiger partial charge >= 0.3 is 5.97 Å². The Balaban J connectivity index is 1.72. The molecule has 142 valence electrons. The van der Waals surface area contributed by atoms with Crippen LogP contribution in [-0.2, 0) is 16.1 Å². The van der Waals surface area contributed by atoms with Gasteiger partial charge in [-0.2, -0.15) is 10.1 Å². The lowest BCUT2D eigenvalue weighted by molar-refractivity contribution is -0.140. The maximum absolute atomic E-state index is 13.1. The first-order valence-electron chi connectivity index (χ1n) is 8.90. The molecule has 7 heteroatoms. The highest BCUT2D eigenvalue weighted by molar-refractivity contribution is 5.92. The van der Waals surface area contributed by atoms with Crippen LogP contribution in [0.2, 0.25) is 0 Å². The molecule has 1 N–H and O–H groups in total. The lowest BCUT2D eigenvalue weighted by atomic mass is 9.95. The van der Waals surface area contributed by atoms with Crippen LogP contribution in [0.4, 0.5) is 5.95 Å². The van der Waals surface area contributed by atoms with E-state index < -0.39 is 12.0 Å². The van der Waals surface area contributed by atoms with Crippen LogP contribution in [0.15, 0.2) is 72.2 Å². The van der Waals surface area contributed by atoms with Crippen LogP contribution in [0.3, 0.4) is 0 Å². The predicted molar refractivity (Wildman–Crippen MR) is 104 cm³/mol. The second kappa shape index (κ2) is 7.56. The second-order valence-corrected chi connectivity index (χ2v) is 6.40. The molecule has 0 saturated carbocycles. The van der Waals surface area contributed by atoms with E-state index in [0.717, 1.165) is 11.1 Å². The SMILES string of the molecule is COc1ccccc1C1C(C(=O)OCc2ccccc2)=C(C)Nc2ncnn21.